The molecule has 0 spiro atoms. The van der Waals surface area contributed by atoms with Gasteiger partial charge in [0.1, 0.15) is 0 Å². The zero-order valence-electron chi connectivity index (χ0n) is 10.3. The average Bonchev–Trinajstić information content (AvgIpc) is 2.20. The number of hydrogen-bond donors (Lipinski definition) is 1. The van der Waals surface area contributed by atoms with Crippen molar-refractivity contribution in [1.29, 1.82) is 0 Å². The van der Waals surface area contributed by atoms with Crippen LogP contribution in [0.25, 0.3) is 0 Å². The molecule has 0 unspecified atom stereocenters. The van der Waals surface area contributed by atoms with Gasteiger partial charge in [-0.3, -0.25) is 0 Å². The van der Waals surface area contributed by atoms with E-state index in [1.54, 1.807) is 0 Å². The van der Waals surface area contributed by atoms with Crippen LogP contribution in [-0.4, -0.2) is 20.1 Å². The lowest BCUT2D eigenvalue weighted by Crippen LogP contribution is -2.24. The molecule has 0 radical (unpaired) electrons. The highest BCUT2D eigenvalue weighted by Gasteiger charge is 2.09. The number of nitrogens with two attached hydrogens (primary N) is 1. The van der Waals surface area contributed by atoms with Crippen molar-refractivity contribution in [1.82, 2.24) is 0 Å². The average molecular weight is 285 g/mol. The summed E-state index contributed by atoms with van der Waals surface area (Å²) in [6, 6.07) is 6.41. The molecule has 0 aliphatic carbocycles. The van der Waals surface area contributed by atoms with E-state index in [-0.39, 0.29) is 0 Å². The molecular formula is C13H21BrN2. The third kappa shape index (κ3) is 3.80. The van der Waals surface area contributed by atoms with Crippen molar-refractivity contribution < 1.29 is 0 Å². The Bertz CT molecular complexity index is 337. The molecule has 3 heteroatoms. The van der Waals surface area contributed by atoms with Crippen LogP contribution in [0.3, 0.4) is 0 Å². The Morgan fingerprint density at radius 2 is 2.06 bits per heavy atom. The Hall–Kier alpha value is -0.540. The summed E-state index contributed by atoms with van der Waals surface area (Å²) >= 11 is 3.52. The van der Waals surface area contributed by atoms with Gasteiger partial charge in [0.25, 0.3) is 0 Å². The fourth-order valence-electron chi connectivity index (χ4n) is 1.91. The van der Waals surface area contributed by atoms with Gasteiger partial charge in [0.15, 0.2) is 0 Å². The highest BCUT2D eigenvalue weighted by Crippen LogP contribution is 2.25. The molecule has 1 rings (SSSR count). The quantitative estimate of drug-likeness (QED) is 0.901. The zero-order chi connectivity index (χ0) is 12.1. The molecule has 0 saturated heterocycles. The fraction of sp³-hybridized carbons (Fsp3) is 0.538. The molecule has 0 aromatic heterocycles. The Kier molecular flexibility index (Phi) is 5.29. The summed E-state index contributed by atoms with van der Waals surface area (Å²) < 4.78 is 1.12. The van der Waals surface area contributed by atoms with Gasteiger partial charge < -0.3 is 10.6 Å². The fourth-order valence-corrected chi connectivity index (χ4v) is 2.25. The maximum Gasteiger partial charge on any atom is 0.0408 e. The van der Waals surface area contributed by atoms with Crippen LogP contribution < -0.4 is 10.6 Å². The van der Waals surface area contributed by atoms with Crippen molar-refractivity contribution in [3.63, 3.8) is 0 Å². The van der Waals surface area contributed by atoms with Gasteiger partial charge in [-0.15, -0.1) is 0 Å². The Morgan fingerprint density at radius 3 is 2.62 bits per heavy atom. The lowest BCUT2D eigenvalue weighted by molar-refractivity contribution is 0.637. The SMILES string of the molecule is CC(C)CN(C)c1cc(Br)ccc1CCN. The van der Waals surface area contributed by atoms with Gasteiger partial charge >= 0.3 is 0 Å². The van der Waals surface area contributed by atoms with Crippen molar-refractivity contribution in [3.8, 4) is 0 Å². The van der Waals surface area contributed by atoms with E-state index in [0.29, 0.717) is 12.5 Å². The van der Waals surface area contributed by atoms with Crippen LogP contribution in [0.1, 0.15) is 19.4 Å². The number of anilines is 1. The topological polar surface area (TPSA) is 29.3 Å². The van der Waals surface area contributed by atoms with Crippen LogP contribution in [0.5, 0.6) is 0 Å². The first-order valence-corrected chi connectivity index (χ1v) is 6.53. The first kappa shape index (κ1) is 13.5. The summed E-state index contributed by atoms with van der Waals surface area (Å²) in [6.45, 7) is 6.23. The molecule has 0 aliphatic rings. The van der Waals surface area contributed by atoms with Gasteiger partial charge in [-0.2, -0.15) is 0 Å². The maximum atomic E-state index is 5.64. The van der Waals surface area contributed by atoms with Crippen molar-refractivity contribution in [2.24, 2.45) is 11.7 Å². The number of halogens is 1. The maximum absolute atomic E-state index is 5.64. The zero-order valence-corrected chi connectivity index (χ0v) is 11.9. The molecule has 90 valence electrons. The largest absolute Gasteiger partial charge is 0.374 e. The van der Waals surface area contributed by atoms with Gasteiger partial charge in [0.2, 0.25) is 0 Å². The van der Waals surface area contributed by atoms with Gasteiger partial charge in [0.05, 0.1) is 0 Å². The normalized spacial score (nSPS) is 10.9. The molecule has 0 bridgehead atoms. The van der Waals surface area contributed by atoms with E-state index in [9.17, 15) is 0 Å². The van der Waals surface area contributed by atoms with Crippen molar-refractivity contribution in [3.05, 3.63) is 28.2 Å². The minimum absolute atomic E-state index is 0.662. The molecule has 0 fully saturated rings. The number of rotatable bonds is 5. The predicted octanol–water partition coefficient (Wildman–Crippen LogP) is 3.04. The summed E-state index contributed by atoms with van der Waals surface area (Å²) in [5.74, 6) is 0.662. The summed E-state index contributed by atoms with van der Waals surface area (Å²) in [4.78, 5) is 2.31. The van der Waals surface area contributed by atoms with Crippen LogP contribution in [0.4, 0.5) is 5.69 Å². The third-order valence-corrected chi connectivity index (χ3v) is 3.00. The van der Waals surface area contributed by atoms with E-state index in [0.717, 1.165) is 17.4 Å². The van der Waals surface area contributed by atoms with Crippen LogP contribution in [0, 0.1) is 5.92 Å². The van der Waals surface area contributed by atoms with E-state index < -0.39 is 0 Å². The second kappa shape index (κ2) is 6.26. The summed E-state index contributed by atoms with van der Waals surface area (Å²) in [5.41, 5.74) is 8.25. The standard InChI is InChI=1S/C13H21BrN2/c1-10(2)9-16(3)13-8-12(14)5-4-11(13)6-7-15/h4-5,8,10H,6-7,9,15H2,1-3H3. The van der Waals surface area contributed by atoms with Gasteiger partial charge in [0, 0.05) is 23.8 Å². The minimum atomic E-state index is 0.662. The molecule has 0 heterocycles. The minimum Gasteiger partial charge on any atom is -0.374 e. The summed E-state index contributed by atoms with van der Waals surface area (Å²) in [5, 5.41) is 0. The monoisotopic (exact) mass is 284 g/mol. The molecule has 16 heavy (non-hydrogen) atoms. The number of hydrogen-bond acceptors (Lipinski definition) is 2. The van der Waals surface area contributed by atoms with E-state index in [4.69, 9.17) is 5.73 Å². The molecule has 2 nitrogen and oxygen atoms in total. The van der Waals surface area contributed by atoms with Crippen LogP contribution in [0.15, 0.2) is 22.7 Å². The Balaban J connectivity index is 2.94. The van der Waals surface area contributed by atoms with Crippen molar-refractivity contribution in [2.45, 2.75) is 20.3 Å². The van der Waals surface area contributed by atoms with E-state index in [2.05, 4.69) is 59.9 Å². The summed E-state index contributed by atoms with van der Waals surface area (Å²) in [7, 11) is 2.14. The van der Waals surface area contributed by atoms with E-state index in [1.165, 1.54) is 11.3 Å². The van der Waals surface area contributed by atoms with Gasteiger partial charge in [-0.1, -0.05) is 35.8 Å². The smallest absolute Gasteiger partial charge is 0.0408 e. The molecule has 2 N–H and O–H groups in total. The predicted molar refractivity (Wildman–Crippen MR) is 75.0 cm³/mol. The number of benzene rings is 1. The molecule has 0 atom stereocenters. The van der Waals surface area contributed by atoms with Gasteiger partial charge in [-0.05, 0) is 36.6 Å². The van der Waals surface area contributed by atoms with E-state index in [1.807, 2.05) is 0 Å². The van der Waals surface area contributed by atoms with Crippen LogP contribution >= 0.6 is 15.9 Å². The second-order valence-electron chi connectivity index (χ2n) is 4.59. The lowest BCUT2D eigenvalue weighted by atomic mass is 10.1. The van der Waals surface area contributed by atoms with Crippen molar-refractivity contribution >= 4 is 21.6 Å². The highest BCUT2D eigenvalue weighted by atomic mass is 79.9. The molecular weight excluding hydrogens is 264 g/mol. The van der Waals surface area contributed by atoms with Gasteiger partial charge in [-0.25, -0.2) is 0 Å². The first-order chi connectivity index (χ1) is 7.54. The molecule has 1 aromatic carbocycles. The first-order valence-electron chi connectivity index (χ1n) is 5.74. The van der Waals surface area contributed by atoms with Crippen LogP contribution in [-0.2, 0) is 6.42 Å². The Labute approximate surface area is 107 Å². The molecule has 0 saturated carbocycles. The van der Waals surface area contributed by atoms with Crippen molar-refractivity contribution in [2.75, 3.05) is 25.0 Å². The molecule has 0 aliphatic heterocycles. The third-order valence-electron chi connectivity index (χ3n) is 2.51. The second-order valence-corrected chi connectivity index (χ2v) is 5.50. The summed E-state index contributed by atoms with van der Waals surface area (Å²) in [6.07, 6.45) is 0.936. The Morgan fingerprint density at radius 1 is 1.38 bits per heavy atom. The lowest BCUT2D eigenvalue weighted by Gasteiger charge is -2.24. The molecule has 0 amide bonds. The number of nitrogens with zero attached hydrogens (tertiary/aromatic N) is 1. The van der Waals surface area contributed by atoms with Crippen LogP contribution in [0.2, 0.25) is 0 Å². The highest BCUT2D eigenvalue weighted by molar-refractivity contribution is 9.10. The van der Waals surface area contributed by atoms with E-state index >= 15 is 0 Å². The molecule has 1 aromatic rings.